The minimum atomic E-state index is -0.808. The number of benzene rings is 1. The molecule has 0 saturated carbocycles. The highest BCUT2D eigenvalue weighted by atomic mass is 19.1. The lowest BCUT2D eigenvalue weighted by atomic mass is 9.87. The number of carbonyl (C=O) groups is 2. The van der Waals surface area contributed by atoms with Crippen LogP contribution in [0, 0.1) is 11.7 Å². The number of carbonyl (C=O) groups excluding carboxylic acids is 2. The lowest BCUT2D eigenvalue weighted by molar-refractivity contribution is -0.149. The number of aromatic amines is 1. The second-order valence-electron chi connectivity index (χ2n) is 7.68. The van der Waals surface area contributed by atoms with Crippen LogP contribution in [-0.2, 0) is 14.3 Å². The van der Waals surface area contributed by atoms with Crippen LogP contribution in [0.3, 0.4) is 0 Å². The van der Waals surface area contributed by atoms with E-state index in [1.807, 2.05) is 6.92 Å². The molecule has 0 bridgehead atoms. The maximum absolute atomic E-state index is 13.4. The number of amides is 2. The van der Waals surface area contributed by atoms with Crippen LogP contribution in [0.25, 0.3) is 10.9 Å². The summed E-state index contributed by atoms with van der Waals surface area (Å²) in [5.74, 6) is -1.58. The summed E-state index contributed by atoms with van der Waals surface area (Å²) in [5.41, 5.74) is 7.34. The van der Waals surface area contributed by atoms with Gasteiger partial charge in [0.05, 0.1) is 41.1 Å². The molecule has 2 amide bonds. The molecule has 1 fully saturated rings. The molecule has 2 aromatic heterocycles. The van der Waals surface area contributed by atoms with E-state index in [0.29, 0.717) is 29.6 Å². The van der Waals surface area contributed by atoms with E-state index in [-0.39, 0.29) is 23.7 Å². The van der Waals surface area contributed by atoms with E-state index in [9.17, 15) is 14.0 Å². The Bertz CT molecular complexity index is 1120. The second-order valence-corrected chi connectivity index (χ2v) is 7.68. The number of hydrogen-bond donors (Lipinski definition) is 3. The van der Waals surface area contributed by atoms with E-state index in [2.05, 4.69) is 20.5 Å². The average molecular weight is 426 g/mol. The maximum Gasteiger partial charge on any atom is 0.314 e. The van der Waals surface area contributed by atoms with Gasteiger partial charge in [0.1, 0.15) is 11.6 Å². The number of nitrogens with one attached hydrogen (secondary N) is 2. The minimum Gasteiger partial charge on any atom is -0.383 e. The third kappa shape index (κ3) is 3.93. The summed E-state index contributed by atoms with van der Waals surface area (Å²) < 4.78 is 19.0. The van der Waals surface area contributed by atoms with Gasteiger partial charge in [0.2, 0.25) is 0 Å². The van der Waals surface area contributed by atoms with Crippen LogP contribution in [0.4, 0.5) is 15.9 Å². The molecule has 0 aliphatic carbocycles. The summed E-state index contributed by atoms with van der Waals surface area (Å²) in [5, 5.41) is 9.82. The molecule has 1 aromatic carbocycles. The molecule has 10 heteroatoms. The standard InChI is InChI=1S/C21H23FN6O3/c1-11-10-28(16(7-17(11)31-2)12-3-5-13(22)6-4-12)21(30)20(29)26-15-9-24-19(23)14-8-25-27-18(14)15/h3-6,8-9,11,16-17H,7,10H2,1-2H3,(H2,23,24)(H,25,27)(H,26,29)/t11-,16-,17-/m0/s1. The molecule has 1 aliphatic rings. The van der Waals surface area contributed by atoms with Crippen LogP contribution < -0.4 is 11.1 Å². The molecule has 162 valence electrons. The van der Waals surface area contributed by atoms with Crippen LogP contribution in [0.1, 0.15) is 24.9 Å². The second kappa shape index (κ2) is 8.31. The number of anilines is 2. The zero-order valence-corrected chi connectivity index (χ0v) is 17.1. The fourth-order valence-corrected chi connectivity index (χ4v) is 4.04. The maximum atomic E-state index is 13.4. The first-order chi connectivity index (χ1) is 14.9. The Morgan fingerprint density at radius 3 is 2.74 bits per heavy atom. The number of hydrogen-bond acceptors (Lipinski definition) is 6. The van der Waals surface area contributed by atoms with Crippen molar-refractivity contribution in [2.24, 2.45) is 5.92 Å². The Kier molecular flexibility index (Phi) is 5.55. The quantitative estimate of drug-likeness (QED) is 0.552. The summed E-state index contributed by atoms with van der Waals surface area (Å²) in [6.07, 6.45) is 3.28. The molecule has 4 N–H and O–H groups in total. The Morgan fingerprint density at radius 2 is 2.03 bits per heavy atom. The van der Waals surface area contributed by atoms with Crippen molar-refractivity contribution in [1.82, 2.24) is 20.1 Å². The number of pyridine rings is 1. The molecular weight excluding hydrogens is 403 g/mol. The number of H-pyrrole nitrogens is 1. The van der Waals surface area contributed by atoms with Crippen molar-refractivity contribution < 1.29 is 18.7 Å². The first kappa shape index (κ1) is 20.7. The van der Waals surface area contributed by atoms with Crippen LogP contribution in [0.5, 0.6) is 0 Å². The largest absolute Gasteiger partial charge is 0.383 e. The molecule has 1 saturated heterocycles. The fraction of sp³-hybridized carbons (Fsp3) is 0.333. The number of halogens is 1. The Balaban J connectivity index is 1.60. The Hall–Kier alpha value is -3.53. The summed E-state index contributed by atoms with van der Waals surface area (Å²) in [4.78, 5) is 31.6. The molecule has 0 radical (unpaired) electrons. The fourth-order valence-electron chi connectivity index (χ4n) is 4.04. The number of nitrogen functional groups attached to an aromatic ring is 1. The van der Waals surface area contributed by atoms with Gasteiger partial charge in [-0.15, -0.1) is 0 Å². The number of methoxy groups -OCH3 is 1. The minimum absolute atomic E-state index is 0.0240. The highest BCUT2D eigenvalue weighted by Crippen LogP contribution is 2.35. The number of nitrogens with two attached hydrogens (primary N) is 1. The number of piperidine rings is 1. The zero-order valence-electron chi connectivity index (χ0n) is 17.1. The number of nitrogens with zero attached hydrogens (tertiary/aromatic N) is 3. The highest BCUT2D eigenvalue weighted by Gasteiger charge is 2.39. The zero-order chi connectivity index (χ0) is 22.1. The van der Waals surface area contributed by atoms with Crippen LogP contribution in [0.2, 0.25) is 0 Å². The number of aromatic nitrogens is 3. The van der Waals surface area contributed by atoms with Gasteiger partial charge >= 0.3 is 11.8 Å². The lowest BCUT2D eigenvalue weighted by Gasteiger charge is -2.42. The van der Waals surface area contributed by atoms with Crippen molar-refractivity contribution in [2.75, 3.05) is 24.7 Å². The molecular formula is C21H23FN6O3. The van der Waals surface area contributed by atoms with E-state index in [4.69, 9.17) is 10.5 Å². The first-order valence-corrected chi connectivity index (χ1v) is 9.86. The normalized spacial score (nSPS) is 21.3. The summed E-state index contributed by atoms with van der Waals surface area (Å²) in [6, 6.07) is 5.51. The van der Waals surface area contributed by atoms with Gasteiger partial charge in [0.25, 0.3) is 0 Å². The van der Waals surface area contributed by atoms with Crippen LogP contribution in [-0.4, -0.2) is 51.7 Å². The molecule has 3 heterocycles. The van der Waals surface area contributed by atoms with Crippen molar-refractivity contribution in [3.05, 3.63) is 48.0 Å². The lowest BCUT2D eigenvalue weighted by Crippen LogP contribution is -2.50. The molecule has 31 heavy (non-hydrogen) atoms. The van der Waals surface area contributed by atoms with Gasteiger partial charge in [-0.25, -0.2) is 9.37 Å². The molecule has 3 atom stereocenters. The van der Waals surface area contributed by atoms with E-state index in [1.165, 1.54) is 29.4 Å². The Labute approximate surface area is 177 Å². The van der Waals surface area contributed by atoms with Gasteiger partial charge in [0, 0.05) is 19.6 Å². The van der Waals surface area contributed by atoms with E-state index in [0.717, 1.165) is 5.56 Å². The third-order valence-corrected chi connectivity index (χ3v) is 5.73. The molecule has 1 aliphatic heterocycles. The van der Waals surface area contributed by atoms with Gasteiger partial charge in [0.15, 0.2) is 0 Å². The van der Waals surface area contributed by atoms with E-state index < -0.39 is 17.9 Å². The van der Waals surface area contributed by atoms with Crippen LogP contribution >= 0.6 is 0 Å². The molecule has 4 rings (SSSR count). The predicted molar refractivity (Wildman–Crippen MR) is 112 cm³/mol. The number of fused-ring (bicyclic) bond motifs is 1. The van der Waals surface area contributed by atoms with E-state index >= 15 is 0 Å². The van der Waals surface area contributed by atoms with Gasteiger partial charge in [-0.1, -0.05) is 19.1 Å². The van der Waals surface area contributed by atoms with Crippen molar-refractivity contribution in [3.63, 3.8) is 0 Å². The van der Waals surface area contributed by atoms with Crippen molar-refractivity contribution in [1.29, 1.82) is 0 Å². The van der Waals surface area contributed by atoms with Gasteiger partial charge in [-0.05, 0) is 24.1 Å². The van der Waals surface area contributed by atoms with Crippen LogP contribution in [0.15, 0.2) is 36.7 Å². The first-order valence-electron chi connectivity index (χ1n) is 9.86. The SMILES string of the molecule is CO[C@H]1C[C@@H](c2ccc(F)cc2)N(C(=O)C(=O)Nc2cnc(N)c3cn[nH]c23)C[C@@H]1C. The average Bonchev–Trinajstić information content (AvgIpc) is 3.27. The summed E-state index contributed by atoms with van der Waals surface area (Å²) >= 11 is 0. The molecule has 0 unspecified atom stereocenters. The summed E-state index contributed by atoms with van der Waals surface area (Å²) in [6.45, 7) is 2.29. The molecule has 0 spiro atoms. The van der Waals surface area contributed by atoms with Crippen molar-refractivity contribution in [2.45, 2.75) is 25.5 Å². The number of likely N-dealkylation sites (tertiary alicyclic amines) is 1. The Morgan fingerprint density at radius 1 is 1.29 bits per heavy atom. The van der Waals surface area contributed by atoms with Gasteiger partial charge in [-0.2, -0.15) is 5.10 Å². The number of ether oxygens (including phenoxy) is 1. The monoisotopic (exact) mass is 426 g/mol. The highest BCUT2D eigenvalue weighted by molar-refractivity contribution is 6.40. The molecule has 3 aromatic rings. The number of rotatable bonds is 3. The third-order valence-electron chi connectivity index (χ3n) is 5.73. The van der Waals surface area contributed by atoms with E-state index in [1.54, 1.807) is 19.2 Å². The van der Waals surface area contributed by atoms with Crippen molar-refractivity contribution in [3.8, 4) is 0 Å². The topological polar surface area (TPSA) is 126 Å². The van der Waals surface area contributed by atoms with Crippen molar-refractivity contribution >= 4 is 34.2 Å². The smallest absolute Gasteiger partial charge is 0.314 e. The predicted octanol–water partition coefficient (Wildman–Crippen LogP) is 2.24. The van der Waals surface area contributed by atoms with Gasteiger partial charge < -0.3 is 20.7 Å². The molecule has 9 nitrogen and oxygen atoms in total. The summed E-state index contributed by atoms with van der Waals surface area (Å²) in [7, 11) is 1.62. The van der Waals surface area contributed by atoms with Gasteiger partial charge in [-0.3, -0.25) is 14.7 Å².